The standard InChI is InChI=1S/C32H20O4/c33-29-28(27-23-16-8-9-17-24(23)36-32(27)31(35)30(29)34)26-21-14-6-4-12-19(21)25(18-10-2-1-3-11-18)20-13-5-7-15-22(20)26/h1-17,33-35H. The molecular weight excluding hydrogens is 448 g/mol. The van der Waals surface area contributed by atoms with Gasteiger partial charge in [0.25, 0.3) is 0 Å². The Balaban J connectivity index is 1.77. The van der Waals surface area contributed by atoms with Crippen LogP contribution in [-0.4, -0.2) is 15.3 Å². The van der Waals surface area contributed by atoms with Crippen molar-refractivity contribution in [2.24, 2.45) is 0 Å². The maximum absolute atomic E-state index is 11.4. The normalized spacial score (nSPS) is 11.7. The maximum atomic E-state index is 11.4. The zero-order chi connectivity index (χ0) is 24.4. The van der Waals surface area contributed by atoms with Crippen molar-refractivity contribution in [3.63, 3.8) is 0 Å². The lowest BCUT2D eigenvalue weighted by atomic mass is 9.84. The Morgan fingerprint density at radius 3 is 1.53 bits per heavy atom. The highest BCUT2D eigenvalue weighted by Gasteiger charge is 2.27. The summed E-state index contributed by atoms with van der Waals surface area (Å²) < 4.78 is 5.98. The molecule has 36 heavy (non-hydrogen) atoms. The van der Waals surface area contributed by atoms with Crippen molar-refractivity contribution in [1.29, 1.82) is 0 Å². The zero-order valence-corrected chi connectivity index (χ0v) is 19.1. The first-order chi connectivity index (χ1) is 17.6. The highest BCUT2D eigenvalue weighted by Crippen LogP contribution is 2.55. The molecule has 0 radical (unpaired) electrons. The molecule has 4 nitrogen and oxygen atoms in total. The lowest BCUT2D eigenvalue weighted by molar-refractivity contribution is 0.368. The van der Waals surface area contributed by atoms with Crippen molar-refractivity contribution in [3.05, 3.63) is 103 Å². The highest BCUT2D eigenvalue weighted by atomic mass is 16.4. The number of rotatable bonds is 2. The Morgan fingerprint density at radius 2 is 0.917 bits per heavy atom. The fourth-order valence-electron chi connectivity index (χ4n) is 5.47. The SMILES string of the molecule is Oc1c(O)c(-c2c3ccccc3c(-c3ccccc3)c3ccccc23)c2c(oc3ccccc32)c1O. The number of furan rings is 1. The van der Waals surface area contributed by atoms with Crippen molar-refractivity contribution < 1.29 is 19.7 Å². The van der Waals surface area contributed by atoms with Gasteiger partial charge in [-0.15, -0.1) is 0 Å². The van der Waals surface area contributed by atoms with E-state index in [2.05, 4.69) is 24.3 Å². The summed E-state index contributed by atoms with van der Waals surface area (Å²) in [5.74, 6) is -1.46. The minimum absolute atomic E-state index is 0.141. The molecule has 0 amide bonds. The molecule has 0 aliphatic rings. The van der Waals surface area contributed by atoms with Gasteiger partial charge in [-0.1, -0.05) is 97.1 Å². The van der Waals surface area contributed by atoms with Crippen LogP contribution in [0, 0.1) is 0 Å². The number of benzene rings is 6. The van der Waals surface area contributed by atoms with Crippen LogP contribution in [0.2, 0.25) is 0 Å². The van der Waals surface area contributed by atoms with Gasteiger partial charge in [-0.25, -0.2) is 0 Å². The molecule has 0 aliphatic carbocycles. The van der Waals surface area contributed by atoms with E-state index < -0.39 is 11.5 Å². The van der Waals surface area contributed by atoms with Gasteiger partial charge in [0.1, 0.15) is 5.58 Å². The minimum atomic E-state index is -0.600. The highest BCUT2D eigenvalue weighted by molar-refractivity contribution is 6.27. The van der Waals surface area contributed by atoms with Crippen LogP contribution in [0.5, 0.6) is 17.2 Å². The predicted molar refractivity (Wildman–Crippen MR) is 145 cm³/mol. The Labute approximate surface area is 205 Å². The molecule has 4 heteroatoms. The first-order valence-electron chi connectivity index (χ1n) is 11.7. The van der Waals surface area contributed by atoms with Gasteiger partial charge in [0.2, 0.25) is 11.5 Å². The van der Waals surface area contributed by atoms with Crippen molar-refractivity contribution in [1.82, 2.24) is 0 Å². The molecule has 0 unspecified atom stereocenters. The van der Waals surface area contributed by atoms with Gasteiger partial charge in [-0.2, -0.15) is 0 Å². The first kappa shape index (κ1) is 20.4. The monoisotopic (exact) mass is 468 g/mol. The third kappa shape index (κ3) is 2.70. The third-order valence-electron chi connectivity index (χ3n) is 6.99. The fraction of sp³-hybridized carbons (Fsp3) is 0. The minimum Gasteiger partial charge on any atom is -0.504 e. The van der Waals surface area contributed by atoms with Crippen molar-refractivity contribution in [2.75, 3.05) is 0 Å². The Hall–Kier alpha value is -4.96. The van der Waals surface area contributed by atoms with Crippen molar-refractivity contribution >= 4 is 43.5 Å². The zero-order valence-electron chi connectivity index (χ0n) is 19.1. The fourth-order valence-corrected chi connectivity index (χ4v) is 5.47. The maximum Gasteiger partial charge on any atom is 0.205 e. The van der Waals surface area contributed by atoms with Gasteiger partial charge in [0.15, 0.2) is 11.3 Å². The summed E-state index contributed by atoms with van der Waals surface area (Å²) in [4.78, 5) is 0. The average molecular weight is 469 g/mol. The summed E-state index contributed by atoms with van der Waals surface area (Å²) in [6.07, 6.45) is 0. The second kappa shape index (κ2) is 7.52. The number of phenols is 3. The molecule has 172 valence electrons. The summed E-state index contributed by atoms with van der Waals surface area (Å²) in [6.45, 7) is 0. The molecule has 7 rings (SSSR count). The summed E-state index contributed by atoms with van der Waals surface area (Å²) >= 11 is 0. The van der Waals surface area contributed by atoms with Crippen LogP contribution in [0.1, 0.15) is 0 Å². The van der Waals surface area contributed by atoms with E-state index in [4.69, 9.17) is 4.42 Å². The smallest absolute Gasteiger partial charge is 0.205 e. The van der Waals surface area contributed by atoms with E-state index in [1.54, 1.807) is 6.07 Å². The number of phenolic OH excluding ortho intramolecular Hbond substituents is 3. The molecule has 1 heterocycles. The van der Waals surface area contributed by atoms with Crippen LogP contribution in [-0.2, 0) is 0 Å². The predicted octanol–water partition coefficient (Wildman–Crippen LogP) is 8.34. The van der Waals surface area contributed by atoms with E-state index in [0.717, 1.165) is 43.6 Å². The molecule has 0 saturated carbocycles. The van der Waals surface area contributed by atoms with Gasteiger partial charge >= 0.3 is 0 Å². The lowest BCUT2D eigenvalue weighted by Gasteiger charge is -2.19. The van der Waals surface area contributed by atoms with Crippen molar-refractivity contribution in [3.8, 4) is 39.5 Å². The molecule has 0 fully saturated rings. The topological polar surface area (TPSA) is 73.8 Å². The number of hydrogen-bond donors (Lipinski definition) is 3. The van der Waals surface area contributed by atoms with E-state index in [0.29, 0.717) is 16.5 Å². The van der Waals surface area contributed by atoms with Gasteiger partial charge < -0.3 is 19.7 Å². The van der Waals surface area contributed by atoms with Gasteiger partial charge in [-0.3, -0.25) is 0 Å². The van der Waals surface area contributed by atoms with Crippen LogP contribution in [0.3, 0.4) is 0 Å². The Bertz CT molecular complexity index is 1910. The molecule has 3 N–H and O–H groups in total. The van der Waals surface area contributed by atoms with E-state index in [9.17, 15) is 15.3 Å². The van der Waals surface area contributed by atoms with Crippen LogP contribution in [0.4, 0.5) is 0 Å². The summed E-state index contributed by atoms with van der Waals surface area (Å²) in [5.41, 5.74) is 4.09. The Kier molecular flexibility index (Phi) is 4.26. The quantitative estimate of drug-likeness (QED) is 0.176. The summed E-state index contributed by atoms with van der Waals surface area (Å²) in [6, 6.07) is 33.8. The van der Waals surface area contributed by atoms with Crippen LogP contribution in [0.25, 0.3) is 65.7 Å². The number of para-hydroxylation sites is 1. The molecule has 7 aromatic rings. The van der Waals surface area contributed by atoms with E-state index in [-0.39, 0.29) is 11.3 Å². The number of aromatic hydroxyl groups is 3. The van der Waals surface area contributed by atoms with Crippen LogP contribution >= 0.6 is 0 Å². The molecule has 0 bridgehead atoms. The van der Waals surface area contributed by atoms with Crippen LogP contribution < -0.4 is 0 Å². The van der Waals surface area contributed by atoms with Gasteiger partial charge in [0, 0.05) is 21.9 Å². The summed E-state index contributed by atoms with van der Waals surface area (Å²) in [7, 11) is 0. The molecule has 0 spiro atoms. The lowest BCUT2D eigenvalue weighted by Crippen LogP contribution is -1.92. The summed E-state index contributed by atoms with van der Waals surface area (Å²) in [5, 5.41) is 38.1. The van der Waals surface area contributed by atoms with Crippen LogP contribution in [0.15, 0.2) is 108 Å². The van der Waals surface area contributed by atoms with Gasteiger partial charge in [0.05, 0.1) is 0 Å². The number of fused-ring (bicyclic) bond motifs is 5. The molecule has 1 aromatic heterocycles. The molecule has 0 aliphatic heterocycles. The van der Waals surface area contributed by atoms with Crippen molar-refractivity contribution in [2.45, 2.75) is 0 Å². The molecule has 0 atom stereocenters. The van der Waals surface area contributed by atoms with E-state index in [1.165, 1.54) is 0 Å². The Morgan fingerprint density at radius 1 is 0.417 bits per heavy atom. The second-order valence-corrected chi connectivity index (χ2v) is 8.93. The largest absolute Gasteiger partial charge is 0.504 e. The third-order valence-corrected chi connectivity index (χ3v) is 6.99. The number of hydrogen-bond acceptors (Lipinski definition) is 4. The van der Waals surface area contributed by atoms with E-state index >= 15 is 0 Å². The van der Waals surface area contributed by atoms with E-state index in [1.807, 2.05) is 72.8 Å². The molecule has 0 saturated heterocycles. The molecular formula is C32H20O4. The first-order valence-corrected chi connectivity index (χ1v) is 11.7. The second-order valence-electron chi connectivity index (χ2n) is 8.93. The average Bonchev–Trinajstić information content (AvgIpc) is 3.31. The van der Waals surface area contributed by atoms with Gasteiger partial charge in [-0.05, 0) is 38.7 Å². The molecule has 6 aromatic carbocycles.